The summed E-state index contributed by atoms with van der Waals surface area (Å²) in [6.45, 7) is 0. The summed E-state index contributed by atoms with van der Waals surface area (Å²) in [6, 6.07) is 14.0. The van der Waals surface area contributed by atoms with Crippen molar-refractivity contribution in [2.24, 2.45) is 23.7 Å². The van der Waals surface area contributed by atoms with Crippen molar-refractivity contribution in [3.8, 4) is 0 Å². The number of hydrogen-bond acceptors (Lipinski definition) is 3. The average Bonchev–Trinajstić information content (AvgIpc) is 3.16. The van der Waals surface area contributed by atoms with Gasteiger partial charge in [0.05, 0.1) is 11.8 Å². The Labute approximate surface area is 133 Å². The first kappa shape index (κ1) is 13.1. The topological polar surface area (TPSA) is 55.4 Å². The molecular weight excluding hydrogens is 290 g/mol. The van der Waals surface area contributed by atoms with Crippen molar-refractivity contribution in [2.75, 3.05) is 5.32 Å². The zero-order valence-corrected chi connectivity index (χ0v) is 12.6. The minimum absolute atomic E-state index is 0.0323. The fraction of sp³-hybridized carbons (Fsp3) is 0.368. The maximum Gasteiger partial charge on any atom is 0.310 e. The number of carbonyl (C=O) groups excluding carboxylic acids is 2. The van der Waals surface area contributed by atoms with Gasteiger partial charge in [0.15, 0.2) is 0 Å². The molecule has 2 aromatic carbocycles. The summed E-state index contributed by atoms with van der Waals surface area (Å²) < 4.78 is 5.41. The molecule has 23 heavy (non-hydrogen) atoms. The molecular formula is C19H17NO3. The standard InChI is InChI=1S/C19H17NO3/c21-18(16-12-8-14-15(9-12)23-19(22)17(14)16)20-13-6-5-10-3-1-2-4-11(10)7-13/h1-7,12,14-17H,8-9H2,(H,20,21)/t12-,14+,15-,16-,17-/m1/s1. The lowest BCUT2D eigenvalue weighted by molar-refractivity contribution is -0.145. The van der Waals surface area contributed by atoms with E-state index in [1.54, 1.807) is 0 Å². The molecule has 1 saturated heterocycles. The third kappa shape index (κ3) is 1.84. The predicted octanol–water partition coefficient (Wildman–Crippen LogP) is 2.98. The van der Waals surface area contributed by atoms with Crippen molar-refractivity contribution in [1.82, 2.24) is 0 Å². The molecule has 2 saturated carbocycles. The molecule has 5 atom stereocenters. The number of anilines is 1. The first-order valence-electron chi connectivity index (χ1n) is 8.21. The smallest absolute Gasteiger partial charge is 0.310 e. The Hall–Kier alpha value is -2.36. The van der Waals surface area contributed by atoms with Gasteiger partial charge in [-0.25, -0.2) is 0 Å². The van der Waals surface area contributed by atoms with Gasteiger partial charge in [-0.15, -0.1) is 0 Å². The summed E-state index contributed by atoms with van der Waals surface area (Å²) in [5.41, 5.74) is 0.791. The number of nitrogens with one attached hydrogen (secondary N) is 1. The Morgan fingerprint density at radius 3 is 2.78 bits per heavy atom. The zero-order valence-electron chi connectivity index (χ0n) is 12.6. The van der Waals surface area contributed by atoms with E-state index in [-0.39, 0.29) is 35.7 Å². The first-order chi connectivity index (χ1) is 11.2. The van der Waals surface area contributed by atoms with Crippen molar-refractivity contribution in [2.45, 2.75) is 18.9 Å². The van der Waals surface area contributed by atoms with Gasteiger partial charge >= 0.3 is 5.97 Å². The first-order valence-corrected chi connectivity index (χ1v) is 8.21. The van der Waals surface area contributed by atoms with Crippen LogP contribution in [0, 0.1) is 23.7 Å². The Kier molecular flexibility index (Phi) is 2.61. The Morgan fingerprint density at radius 2 is 1.91 bits per heavy atom. The van der Waals surface area contributed by atoms with Crippen LogP contribution in [-0.2, 0) is 14.3 Å². The molecule has 1 heterocycles. The van der Waals surface area contributed by atoms with Crippen LogP contribution in [0.4, 0.5) is 5.69 Å². The Balaban J connectivity index is 1.41. The third-order valence-electron chi connectivity index (χ3n) is 5.80. The van der Waals surface area contributed by atoms with Gasteiger partial charge in [0.25, 0.3) is 0 Å². The normalized spacial score (nSPS) is 33.9. The predicted molar refractivity (Wildman–Crippen MR) is 85.7 cm³/mol. The minimum atomic E-state index is -0.224. The summed E-state index contributed by atoms with van der Waals surface area (Å²) in [4.78, 5) is 24.8. The largest absolute Gasteiger partial charge is 0.462 e. The summed E-state index contributed by atoms with van der Waals surface area (Å²) in [5, 5.41) is 5.26. The Morgan fingerprint density at radius 1 is 1.09 bits per heavy atom. The lowest BCUT2D eigenvalue weighted by atomic mass is 9.79. The number of ether oxygens (including phenoxy) is 1. The summed E-state index contributed by atoms with van der Waals surface area (Å²) in [5.74, 6) is -0.0903. The highest BCUT2D eigenvalue weighted by atomic mass is 16.6. The van der Waals surface area contributed by atoms with Gasteiger partial charge in [0, 0.05) is 11.6 Å². The molecule has 0 radical (unpaired) electrons. The average molecular weight is 307 g/mol. The van der Waals surface area contributed by atoms with E-state index in [2.05, 4.69) is 5.32 Å². The van der Waals surface area contributed by atoms with Gasteiger partial charge in [-0.05, 0) is 41.7 Å². The van der Waals surface area contributed by atoms with Crippen LogP contribution in [0.2, 0.25) is 0 Å². The van der Waals surface area contributed by atoms with Gasteiger partial charge in [-0.2, -0.15) is 0 Å². The van der Waals surface area contributed by atoms with Gasteiger partial charge in [-0.1, -0.05) is 30.3 Å². The molecule has 5 rings (SSSR count). The quantitative estimate of drug-likeness (QED) is 0.868. The lowest BCUT2D eigenvalue weighted by Gasteiger charge is -2.23. The van der Waals surface area contributed by atoms with Crippen LogP contribution in [0.15, 0.2) is 42.5 Å². The lowest BCUT2D eigenvalue weighted by Crippen LogP contribution is -2.35. The molecule has 0 unspecified atom stereocenters. The van der Waals surface area contributed by atoms with Crippen LogP contribution >= 0.6 is 0 Å². The monoisotopic (exact) mass is 307 g/mol. The highest BCUT2D eigenvalue weighted by Gasteiger charge is 2.63. The molecule has 4 heteroatoms. The second-order valence-corrected chi connectivity index (χ2v) is 6.97. The molecule has 116 valence electrons. The zero-order chi connectivity index (χ0) is 15.6. The van der Waals surface area contributed by atoms with Crippen LogP contribution < -0.4 is 5.32 Å². The highest BCUT2D eigenvalue weighted by molar-refractivity contribution is 5.98. The van der Waals surface area contributed by atoms with Crippen LogP contribution in [0.3, 0.4) is 0 Å². The van der Waals surface area contributed by atoms with Crippen molar-refractivity contribution in [3.63, 3.8) is 0 Å². The number of carbonyl (C=O) groups is 2. The molecule has 1 aliphatic heterocycles. The number of fused-ring (bicyclic) bond motifs is 2. The number of benzene rings is 2. The molecule has 2 aromatic rings. The van der Waals surface area contributed by atoms with E-state index >= 15 is 0 Å². The second kappa shape index (κ2) is 4.57. The number of amides is 1. The SMILES string of the molecule is O=C(Nc1ccc2ccccc2c1)[C@@H]1[C@@H]2C[C@@H]3[C@H]1C(=O)O[C@@H]3C2. The van der Waals surface area contributed by atoms with Crippen LogP contribution in [0.5, 0.6) is 0 Å². The van der Waals surface area contributed by atoms with Gasteiger partial charge < -0.3 is 10.1 Å². The van der Waals surface area contributed by atoms with E-state index in [1.807, 2.05) is 42.5 Å². The maximum absolute atomic E-state index is 12.8. The summed E-state index contributed by atoms with van der Waals surface area (Å²) in [7, 11) is 0. The fourth-order valence-electron chi connectivity index (χ4n) is 4.86. The van der Waals surface area contributed by atoms with Crippen molar-refractivity contribution >= 4 is 28.3 Å². The molecule has 1 N–H and O–H groups in total. The summed E-state index contributed by atoms with van der Waals surface area (Å²) >= 11 is 0. The third-order valence-corrected chi connectivity index (χ3v) is 5.80. The van der Waals surface area contributed by atoms with Crippen LogP contribution in [0.1, 0.15) is 12.8 Å². The van der Waals surface area contributed by atoms with Crippen molar-refractivity contribution in [1.29, 1.82) is 0 Å². The van der Waals surface area contributed by atoms with Gasteiger partial charge in [0.2, 0.25) is 5.91 Å². The van der Waals surface area contributed by atoms with Crippen molar-refractivity contribution in [3.05, 3.63) is 42.5 Å². The van der Waals surface area contributed by atoms with E-state index in [4.69, 9.17) is 4.74 Å². The Bertz CT molecular complexity index is 828. The minimum Gasteiger partial charge on any atom is -0.462 e. The molecule has 1 amide bonds. The fourth-order valence-corrected chi connectivity index (χ4v) is 4.86. The highest BCUT2D eigenvalue weighted by Crippen LogP contribution is 2.57. The molecule has 3 aliphatic rings. The van der Waals surface area contributed by atoms with Crippen LogP contribution in [-0.4, -0.2) is 18.0 Å². The second-order valence-electron chi connectivity index (χ2n) is 6.97. The van der Waals surface area contributed by atoms with E-state index < -0.39 is 0 Å². The van der Waals surface area contributed by atoms with Crippen molar-refractivity contribution < 1.29 is 14.3 Å². The maximum atomic E-state index is 12.8. The number of rotatable bonds is 2. The van der Waals surface area contributed by atoms with E-state index in [0.29, 0.717) is 5.92 Å². The molecule has 2 bridgehead atoms. The van der Waals surface area contributed by atoms with E-state index in [1.165, 1.54) is 0 Å². The molecule has 4 nitrogen and oxygen atoms in total. The molecule has 2 aliphatic carbocycles. The molecule has 0 aromatic heterocycles. The van der Waals surface area contributed by atoms with E-state index in [9.17, 15) is 9.59 Å². The van der Waals surface area contributed by atoms with E-state index in [0.717, 1.165) is 29.3 Å². The molecule has 0 spiro atoms. The van der Waals surface area contributed by atoms with Gasteiger partial charge in [0.1, 0.15) is 6.10 Å². The van der Waals surface area contributed by atoms with Crippen LogP contribution in [0.25, 0.3) is 10.8 Å². The molecule has 3 fully saturated rings. The number of esters is 1. The summed E-state index contributed by atoms with van der Waals surface area (Å²) in [6.07, 6.45) is 1.88. The van der Waals surface area contributed by atoms with Gasteiger partial charge in [-0.3, -0.25) is 9.59 Å². The number of hydrogen-bond donors (Lipinski definition) is 1.